The molecule has 0 radical (unpaired) electrons. The fourth-order valence-corrected chi connectivity index (χ4v) is 4.36. The Balaban J connectivity index is 1.92. The Bertz CT molecular complexity index is 1250. The van der Waals surface area contributed by atoms with E-state index in [2.05, 4.69) is 5.32 Å². The van der Waals surface area contributed by atoms with Crippen LogP contribution in [0.3, 0.4) is 0 Å². The van der Waals surface area contributed by atoms with Crippen molar-refractivity contribution >= 4 is 45.8 Å². The molecule has 0 atom stereocenters. The number of fused-ring (bicyclic) bond motifs is 1. The van der Waals surface area contributed by atoms with Crippen LogP contribution in [0, 0.1) is 0 Å². The van der Waals surface area contributed by atoms with Crippen molar-refractivity contribution in [2.45, 2.75) is 38.0 Å². The number of amides is 1. The van der Waals surface area contributed by atoms with Gasteiger partial charge in [-0.1, -0.05) is 29.3 Å². The zero-order chi connectivity index (χ0) is 23.9. The minimum absolute atomic E-state index is 0.0273. The first-order valence-electron chi connectivity index (χ1n) is 10.2. The molecular weight excluding hydrogens is 480 g/mol. The molecule has 33 heavy (non-hydrogen) atoms. The summed E-state index contributed by atoms with van der Waals surface area (Å²) < 4.78 is 49.2. The van der Waals surface area contributed by atoms with Crippen molar-refractivity contribution in [1.82, 2.24) is 9.88 Å². The van der Waals surface area contributed by atoms with E-state index in [-0.39, 0.29) is 34.3 Å². The lowest BCUT2D eigenvalue weighted by Gasteiger charge is -2.26. The number of hydrogen-bond donors (Lipinski definition) is 1. The Morgan fingerprint density at radius 1 is 1.15 bits per heavy atom. The third kappa shape index (κ3) is 4.54. The molecule has 0 aliphatic heterocycles. The van der Waals surface area contributed by atoms with Crippen LogP contribution in [0.25, 0.3) is 10.9 Å². The predicted molar refractivity (Wildman–Crippen MR) is 119 cm³/mol. The smallest absolute Gasteiger partial charge is 0.432 e. The van der Waals surface area contributed by atoms with Crippen LogP contribution < -0.4 is 10.1 Å². The number of methoxy groups -OCH3 is 1. The van der Waals surface area contributed by atoms with Crippen molar-refractivity contribution < 1.29 is 27.5 Å². The highest BCUT2D eigenvalue weighted by molar-refractivity contribution is 6.45. The molecule has 10 heteroatoms. The molecule has 0 bridgehead atoms. The topological polar surface area (TPSA) is 60.3 Å². The maximum atomic E-state index is 14.4. The van der Waals surface area contributed by atoms with E-state index in [0.29, 0.717) is 23.4 Å². The van der Waals surface area contributed by atoms with Gasteiger partial charge in [0.15, 0.2) is 0 Å². The van der Waals surface area contributed by atoms with Crippen LogP contribution in [0.1, 0.15) is 40.9 Å². The molecule has 4 rings (SSSR count). The van der Waals surface area contributed by atoms with Crippen LogP contribution in [-0.2, 0) is 17.5 Å². The number of ether oxygens (including phenoxy) is 1. The predicted octanol–water partition coefficient (Wildman–Crippen LogP) is 5.88. The van der Waals surface area contributed by atoms with Gasteiger partial charge in [-0.3, -0.25) is 9.59 Å². The highest BCUT2D eigenvalue weighted by Gasteiger charge is 2.43. The standard InChI is InChI=1S/C23H19Cl2F3N2O3/c1-33-15-7-8-18-16(10-15)19(20(31)22(32)29-14-3-2-4-14)21(23(26,27)28)30(18)11-12-5-6-13(24)9-17(12)25/h5-10,14H,2-4,11H2,1H3,(H,29,32). The summed E-state index contributed by atoms with van der Waals surface area (Å²) >= 11 is 12.1. The molecule has 1 aliphatic carbocycles. The third-order valence-electron chi connectivity index (χ3n) is 5.76. The van der Waals surface area contributed by atoms with Crippen LogP contribution in [0.15, 0.2) is 36.4 Å². The van der Waals surface area contributed by atoms with E-state index in [1.54, 1.807) is 0 Å². The molecule has 0 saturated heterocycles. The zero-order valence-corrected chi connectivity index (χ0v) is 18.9. The van der Waals surface area contributed by atoms with Crippen molar-refractivity contribution in [2.75, 3.05) is 7.11 Å². The highest BCUT2D eigenvalue weighted by Crippen LogP contribution is 2.40. The Labute approximate surface area is 197 Å². The molecule has 1 aromatic heterocycles. The van der Waals surface area contributed by atoms with E-state index < -0.39 is 29.1 Å². The number of nitrogens with one attached hydrogen (secondary N) is 1. The minimum Gasteiger partial charge on any atom is -0.497 e. The maximum absolute atomic E-state index is 14.4. The first-order chi connectivity index (χ1) is 15.6. The number of rotatable bonds is 6. The van der Waals surface area contributed by atoms with Crippen molar-refractivity contribution in [3.05, 3.63) is 63.3 Å². The van der Waals surface area contributed by atoms with Crippen LogP contribution in [-0.4, -0.2) is 29.4 Å². The van der Waals surface area contributed by atoms with Crippen molar-refractivity contribution in [3.63, 3.8) is 0 Å². The molecule has 0 spiro atoms. The molecule has 1 amide bonds. The molecule has 1 heterocycles. The maximum Gasteiger partial charge on any atom is 0.432 e. The van der Waals surface area contributed by atoms with Gasteiger partial charge >= 0.3 is 6.18 Å². The molecule has 174 valence electrons. The summed E-state index contributed by atoms with van der Waals surface area (Å²) in [6.07, 6.45) is -2.65. The number of aromatic nitrogens is 1. The second kappa shape index (κ2) is 8.91. The summed E-state index contributed by atoms with van der Waals surface area (Å²) in [6.45, 7) is -0.287. The Morgan fingerprint density at radius 3 is 2.45 bits per heavy atom. The lowest BCUT2D eigenvalue weighted by molar-refractivity contribution is -0.143. The number of ketones is 1. The molecule has 1 fully saturated rings. The number of nitrogens with zero attached hydrogens (tertiary/aromatic N) is 1. The molecule has 1 aliphatic rings. The van der Waals surface area contributed by atoms with Gasteiger partial charge in [-0.15, -0.1) is 0 Å². The van der Waals surface area contributed by atoms with Crippen LogP contribution in [0.5, 0.6) is 5.75 Å². The molecule has 5 nitrogen and oxygen atoms in total. The summed E-state index contributed by atoms with van der Waals surface area (Å²) in [4.78, 5) is 25.6. The number of halogens is 5. The first-order valence-corrected chi connectivity index (χ1v) is 10.9. The van der Waals surface area contributed by atoms with Gasteiger partial charge in [0.05, 0.1) is 12.7 Å². The van der Waals surface area contributed by atoms with Gasteiger partial charge in [0, 0.05) is 33.5 Å². The number of alkyl halides is 3. The molecule has 1 N–H and O–H groups in total. The molecule has 0 unspecified atom stereocenters. The van der Waals surface area contributed by atoms with E-state index in [4.69, 9.17) is 27.9 Å². The summed E-state index contributed by atoms with van der Waals surface area (Å²) in [5, 5.41) is 3.02. The van der Waals surface area contributed by atoms with E-state index in [0.717, 1.165) is 11.0 Å². The number of benzene rings is 2. The fourth-order valence-electron chi connectivity index (χ4n) is 3.89. The summed E-state index contributed by atoms with van der Waals surface area (Å²) in [7, 11) is 1.36. The Kier molecular flexibility index (Phi) is 6.33. The zero-order valence-electron chi connectivity index (χ0n) is 17.4. The largest absolute Gasteiger partial charge is 0.497 e. The fraction of sp³-hybridized carbons (Fsp3) is 0.304. The highest BCUT2D eigenvalue weighted by atomic mass is 35.5. The average Bonchev–Trinajstić information content (AvgIpc) is 3.05. The van der Waals surface area contributed by atoms with Gasteiger partial charge in [-0.25, -0.2) is 0 Å². The summed E-state index contributed by atoms with van der Waals surface area (Å²) in [5.41, 5.74) is -1.44. The van der Waals surface area contributed by atoms with Gasteiger partial charge < -0.3 is 14.6 Å². The van der Waals surface area contributed by atoms with Crippen LogP contribution in [0.4, 0.5) is 13.2 Å². The first kappa shape index (κ1) is 23.4. The monoisotopic (exact) mass is 498 g/mol. The summed E-state index contributed by atoms with van der Waals surface area (Å²) in [5.74, 6) is -2.05. The molecular formula is C23H19Cl2F3N2O3. The van der Waals surface area contributed by atoms with Crippen molar-refractivity contribution in [2.24, 2.45) is 0 Å². The molecule has 3 aromatic rings. The summed E-state index contributed by atoms with van der Waals surface area (Å²) in [6, 6.07) is 8.51. The number of Topliss-reactive ketones (excluding diaryl/α,β-unsaturated/α-hetero) is 1. The van der Waals surface area contributed by atoms with Crippen molar-refractivity contribution in [3.8, 4) is 5.75 Å². The second-order valence-corrected chi connectivity index (χ2v) is 8.70. The third-order valence-corrected chi connectivity index (χ3v) is 6.34. The number of hydrogen-bond acceptors (Lipinski definition) is 3. The second-order valence-electron chi connectivity index (χ2n) is 7.86. The Hall–Kier alpha value is -2.71. The van der Waals surface area contributed by atoms with Gasteiger partial charge in [-0.05, 0) is 55.2 Å². The number of carbonyl (C=O) groups is 2. The minimum atomic E-state index is -4.92. The SMILES string of the molecule is COc1ccc2c(c1)c(C(=O)C(=O)NC1CCC1)c(C(F)(F)F)n2Cc1ccc(Cl)cc1Cl. The van der Waals surface area contributed by atoms with E-state index in [1.807, 2.05) is 0 Å². The van der Waals surface area contributed by atoms with Gasteiger partial charge in [0.2, 0.25) is 0 Å². The van der Waals surface area contributed by atoms with E-state index in [1.165, 1.54) is 43.5 Å². The Morgan fingerprint density at radius 2 is 1.88 bits per heavy atom. The average molecular weight is 499 g/mol. The normalized spacial score (nSPS) is 14.2. The quantitative estimate of drug-likeness (QED) is 0.341. The van der Waals surface area contributed by atoms with E-state index in [9.17, 15) is 22.8 Å². The lowest BCUT2D eigenvalue weighted by Crippen LogP contribution is -2.43. The van der Waals surface area contributed by atoms with Gasteiger partial charge in [-0.2, -0.15) is 13.2 Å². The number of carbonyl (C=O) groups excluding carboxylic acids is 2. The van der Waals surface area contributed by atoms with Crippen LogP contribution >= 0.6 is 23.2 Å². The van der Waals surface area contributed by atoms with Gasteiger partial charge in [0.25, 0.3) is 11.7 Å². The van der Waals surface area contributed by atoms with E-state index >= 15 is 0 Å². The van der Waals surface area contributed by atoms with Crippen molar-refractivity contribution in [1.29, 1.82) is 0 Å². The molecule has 2 aromatic carbocycles. The lowest BCUT2D eigenvalue weighted by atomic mass is 9.93. The van der Waals surface area contributed by atoms with Crippen LogP contribution in [0.2, 0.25) is 10.0 Å². The van der Waals surface area contributed by atoms with Gasteiger partial charge in [0.1, 0.15) is 11.4 Å². The molecule has 1 saturated carbocycles.